The Hall–Kier alpha value is -2.83. The zero-order valence-corrected chi connectivity index (χ0v) is 13.5. The van der Waals surface area contributed by atoms with Crippen LogP contribution in [0, 0.1) is 0 Å². The summed E-state index contributed by atoms with van der Waals surface area (Å²) in [7, 11) is 0. The second-order valence-electron chi connectivity index (χ2n) is 5.75. The Morgan fingerprint density at radius 2 is 2.12 bits per heavy atom. The lowest BCUT2D eigenvalue weighted by molar-refractivity contribution is -0.119. The lowest BCUT2D eigenvalue weighted by atomic mass is 10.1. The summed E-state index contributed by atoms with van der Waals surface area (Å²) in [6.07, 6.45) is 8.12. The number of aromatic nitrogens is 3. The van der Waals surface area contributed by atoms with Gasteiger partial charge >= 0.3 is 0 Å². The van der Waals surface area contributed by atoms with E-state index in [0.29, 0.717) is 18.8 Å². The number of rotatable bonds is 4. The Bertz CT molecular complexity index is 718. The molecule has 3 heterocycles. The maximum absolute atomic E-state index is 12.6. The molecule has 0 bridgehead atoms. The van der Waals surface area contributed by atoms with Crippen molar-refractivity contribution in [1.29, 1.82) is 0 Å². The Labute approximate surface area is 140 Å². The number of carbonyl (C=O) groups is 2. The molecule has 0 aromatic carbocycles. The molecule has 1 fully saturated rings. The van der Waals surface area contributed by atoms with Gasteiger partial charge in [-0.15, -0.1) is 0 Å². The average Bonchev–Trinajstić information content (AvgIpc) is 3.10. The van der Waals surface area contributed by atoms with Crippen LogP contribution >= 0.6 is 0 Å². The quantitative estimate of drug-likeness (QED) is 0.920. The fourth-order valence-electron chi connectivity index (χ4n) is 2.84. The zero-order chi connectivity index (χ0) is 16.9. The van der Waals surface area contributed by atoms with Gasteiger partial charge in [0.2, 0.25) is 5.91 Å². The van der Waals surface area contributed by atoms with Crippen LogP contribution in [0.5, 0.6) is 0 Å². The first kappa shape index (κ1) is 16.0. The lowest BCUT2D eigenvalue weighted by Crippen LogP contribution is -2.31. The third kappa shape index (κ3) is 3.56. The van der Waals surface area contributed by atoms with Crippen molar-refractivity contribution in [1.82, 2.24) is 25.2 Å². The normalized spacial score (nSPS) is 16.9. The van der Waals surface area contributed by atoms with Crippen molar-refractivity contribution in [3.05, 3.63) is 53.9 Å². The van der Waals surface area contributed by atoms with Crippen LogP contribution < -0.4 is 5.32 Å². The van der Waals surface area contributed by atoms with Crippen molar-refractivity contribution in [2.75, 3.05) is 6.54 Å². The van der Waals surface area contributed by atoms with Crippen LogP contribution in [0.3, 0.4) is 0 Å². The molecule has 3 rings (SSSR count). The van der Waals surface area contributed by atoms with Crippen LogP contribution in [0.2, 0.25) is 0 Å². The highest BCUT2D eigenvalue weighted by atomic mass is 16.2. The molecule has 2 aromatic heterocycles. The van der Waals surface area contributed by atoms with E-state index in [4.69, 9.17) is 0 Å². The van der Waals surface area contributed by atoms with E-state index in [2.05, 4.69) is 20.3 Å². The first-order valence-electron chi connectivity index (χ1n) is 7.91. The molecule has 0 spiro atoms. The highest BCUT2D eigenvalue weighted by Crippen LogP contribution is 2.31. The number of hydrogen-bond donors (Lipinski definition) is 1. The van der Waals surface area contributed by atoms with Crippen molar-refractivity contribution in [2.45, 2.75) is 32.4 Å². The second-order valence-corrected chi connectivity index (χ2v) is 5.75. The largest absolute Gasteiger partial charge is 0.352 e. The van der Waals surface area contributed by atoms with Gasteiger partial charge in [-0.3, -0.25) is 19.6 Å². The summed E-state index contributed by atoms with van der Waals surface area (Å²) in [6.45, 7) is 2.63. The smallest absolute Gasteiger partial charge is 0.274 e. The van der Waals surface area contributed by atoms with Crippen molar-refractivity contribution in [2.24, 2.45) is 0 Å². The molecule has 1 saturated heterocycles. The summed E-state index contributed by atoms with van der Waals surface area (Å²) >= 11 is 0. The van der Waals surface area contributed by atoms with E-state index in [0.717, 1.165) is 24.1 Å². The molecule has 1 aliphatic heterocycles. The molecule has 0 radical (unpaired) electrons. The van der Waals surface area contributed by atoms with Gasteiger partial charge in [0, 0.05) is 38.6 Å². The Morgan fingerprint density at radius 1 is 1.25 bits per heavy atom. The van der Waals surface area contributed by atoms with Gasteiger partial charge in [-0.2, -0.15) is 0 Å². The van der Waals surface area contributed by atoms with Crippen LogP contribution in [0.1, 0.15) is 47.6 Å². The van der Waals surface area contributed by atoms with Crippen molar-refractivity contribution in [3.8, 4) is 0 Å². The van der Waals surface area contributed by atoms with E-state index in [9.17, 15) is 9.59 Å². The van der Waals surface area contributed by atoms with Gasteiger partial charge < -0.3 is 10.2 Å². The molecule has 7 nitrogen and oxygen atoms in total. The van der Waals surface area contributed by atoms with Crippen LogP contribution in [0.4, 0.5) is 0 Å². The Balaban J connectivity index is 1.73. The maximum atomic E-state index is 12.6. The van der Waals surface area contributed by atoms with Crippen LogP contribution in [-0.2, 0) is 11.3 Å². The van der Waals surface area contributed by atoms with Gasteiger partial charge in [-0.1, -0.05) is 6.07 Å². The summed E-state index contributed by atoms with van der Waals surface area (Å²) in [6, 6.07) is 3.81. The third-order valence-corrected chi connectivity index (χ3v) is 4.03. The molecule has 1 atom stereocenters. The maximum Gasteiger partial charge on any atom is 0.274 e. The van der Waals surface area contributed by atoms with E-state index >= 15 is 0 Å². The topological polar surface area (TPSA) is 88.1 Å². The summed E-state index contributed by atoms with van der Waals surface area (Å²) < 4.78 is 0. The van der Waals surface area contributed by atoms with Crippen molar-refractivity contribution < 1.29 is 9.59 Å². The van der Waals surface area contributed by atoms with E-state index in [1.807, 2.05) is 12.1 Å². The Kier molecular flexibility index (Phi) is 4.79. The minimum atomic E-state index is -0.116. The highest BCUT2D eigenvalue weighted by molar-refractivity contribution is 5.92. The molecule has 124 valence electrons. The molecule has 0 saturated carbocycles. The Morgan fingerprint density at radius 3 is 2.79 bits per heavy atom. The van der Waals surface area contributed by atoms with Gasteiger partial charge in [0.25, 0.3) is 5.91 Å². The van der Waals surface area contributed by atoms with Crippen LogP contribution in [0.25, 0.3) is 0 Å². The minimum Gasteiger partial charge on any atom is -0.352 e. The minimum absolute atomic E-state index is 0.0469. The third-order valence-electron chi connectivity index (χ3n) is 4.03. The van der Waals surface area contributed by atoms with Gasteiger partial charge in [-0.05, 0) is 24.5 Å². The average molecular weight is 325 g/mol. The summed E-state index contributed by atoms with van der Waals surface area (Å²) in [5.74, 6) is -0.190. The van der Waals surface area contributed by atoms with Crippen LogP contribution in [0.15, 0.2) is 36.9 Å². The predicted molar refractivity (Wildman–Crippen MR) is 86.8 cm³/mol. The molecule has 2 amide bonds. The molecule has 0 aliphatic carbocycles. The molecule has 1 N–H and O–H groups in total. The zero-order valence-electron chi connectivity index (χ0n) is 13.5. The second kappa shape index (κ2) is 7.16. The monoisotopic (exact) mass is 325 g/mol. The van der Waals surface area contributed by atoms with Gasteiger partial charge in [0.1, 0.15) is 5.69 Å². The fourth-order valence-corrected chi connectivity index (χ4v) is 2.84. The molecule has 7 heteroatoms. The first-order chi connectivity index (χ1) is 11.6. The van der Waals surface area contributed by atoms with Gasteiger partial charge in [0.15, 0.2) is 0 Å². The number of hydrogen-bond acceptors (Lipinski definition) is 5. The molecule has 2 aromatic rings. The number of amides is 2. The SMILES string of the molecule is CC(=O)NCc1ccc([C@H]2CCCN2C(=O)c2cnccn2)nc1. The summed E-state index contributed by atoms with van der Waals surface area (Å²) in [4.78, 5) is 37.9. The molecule has 1 aliphatic rings. The van der Waals surface area contributed by atoms with Crippen LogP contribution in [-0.4, -0.2) is 38.2 Å². The first-order valence-corrected chi connectivity index (χ1v) is 7.91. The van der Waals surface area contributed by atoms with E-state index < -0.39 is 0 Å². The van der Waals surface area contributed by atoms with E-state index in [1.165, 1.54) is 19.3 Å². The summed E-state index contributed by atoms with van der Waals surface area (Å²) in [5.41, 5.74) is 2.14. The molecular formula is C17H19N5O2. The molecule has 0 unspecified atom stereocenters. The van der Waals surface area contributed by atoms with Gasteiger partial charge in [-0.25, -0.2) is 4.98 Å². The van der Waals surface area contributed by atoms with Crippen molar-refractivity contribution >= 4 is 11.8 Å². The lowest BCUT2D eigenvalue weighted by Gasteiger charge is -2.24. The molecular weight excluding hydrogens is 306 g/mol. The number of likely N-dealkylation sites (tertiary alicyclic amines) is 1. The number of nitrogens with one attached hydrogen (secondary N) is 1. The van der Waals surface area contributed by atoms with Gasteiger partial charge in [0.05, 0.1) is 17.9 Å². The van der Waals surface area contributed by atoms with E-state index in [1.54, 1.807) is 17.3 Å². The number of nitrogens with zero attached hydrogens (tertiary/aromatic N) is 4. The standard InChI is InChI=1S/C17H19N5O2/c1-12(23)20-9-13-4-5-14(21-10-13)16-3-2-8-22(16)17(24)15-11-18-6-7-19-15/h4-7,10-11,16H,2-3,8-9H2,1H3,(H,20,23)/t16-/m1/s1. The molecule has 24 heavy (non-hydrogen) atoms. The highest BCUT2D eigenvalue weighted by Gasteiger charge is 2.32. The van der Waals surface area contributed by atoms with E-state index in [-0.39, 0.29) is 17.9 Å². The fraction of sp³-hybridized carbons (Fsp3) is 0.353. The summed E-state index contributed by atoms with van der Waals surface area (Å²) in [5, 5.41) is 2.74. The number of pyridine rings is 1. The predicted octanol–water partition coefficient (Wildman–Crippen LogP) is 1.49. The number of carbonyl (C=O) groups excluding carboxylic acids is 2. The van der Waals surface area contributed by atoms with Crippen molar-refractivity contribution in [3.63, 3.8) is 0 Å².